The van der Waals surface area contributed by atoms with E-state index in [4.69, 9.17) is 10.5 Å². The van der Waals surface area contributed by atoms with Crippen LogP contribution in [-0.2, 0) is 11.2 Å². The molecule has 0 fully saturated rings. The number of hydrogen-bond acceptors (Lipinski definition) is 3. The summed E-state index contributed by atoms with van der Waals surface area (Å²) >= 11 is 0. The van der Waals surface area contributed by atoms with Crippen molar-refractivity contribution in [1.29, 1.82) is 0 Å². The van der Waals surface area contributed by atoms with E-state index in [9.17, 15) is 4.79 Å². The minimum Gasteiger partial charge on any atom is -0.497 e. The Morgan fingerprint density at radius 2 is 2.38 bits per heavy atom. The van der Waals surface area contributed by atoms with E-state index in [2.05, 4.69) is 5.32 Å². The maximum Gasteiger partial charge on any atom is 0.227 e. The van der Waals surface area contributed by atoms with Crippen molar-refractivity contribution in [2.24, 2.45) is 11.7 Å². The van der Waals surface area contributed by atoms with Crippen LogP contribution in [0.15, 0.2) is 18.2 Å². The second-order valence-corrected chi connectivity index (χ2v) is 3.99. The van der Waals surface area contributed by atoms with Gasteiger partial charge in [-0.05, 0) is 31.0 Å². The van der Waals surface area contributed by atoms with Crippen LogP contribution in [0.3, 0.4) is 0 Å². The summed E-state index contributed by atoms with van der Waals surface area (Å²) in [6.45, 7) is 0.545. The van der Waals surface area contributed by atoms with Gasteiger partial charge in [0.2, 0.25) is 5.91 Å². The van der Waals surface area contributed by atoms with Gasteiger partial charge < -0.3 is 15.8 Å². The summed E-state index contributed by atoms with van der Waals surface area (Å²) in [7, 11) is 1.61. The van der Waals surface area contributed by atoms with Gasteiger partial charge >= 0.3 is 0 Å². The molecule has 16 heavy (non-hydrogen) atoms. The van der Waals surface area contributed by atoms with Gasteiger partial charge in [0.15, 0.2) is 0 Å². The third-order valence-electron chi connectivity index (χ3n) is 2.93. The zero-order valence-corrected chi connectivity index (χ0v) is 9.32. The van der Waals surface area contributed by atoms with Crippen LogP contribution in [0.1, 0.15) is 12.0 Å². The van der Waals surface area contributed by atoms with Gasteiger partial charge in [-0.1, -0.05) is 6.07 Å². The molecule has 1 aromatic rings. The Balaban J connectivity index is 2.24. The highest BCUT2D eigenvalue weighted by Crippen LogP contribution is 2.30. The van der Waals surface area contributed by atoms with Crippen LogP contribution in [0, 0.1) is 5.92 Å². The summed E-state index contributed by atoms with van der Waals surface area (Å²) in [4.78, 5) is 11.7. The Morgan fingerprint density at radius 3 is 3.06 bits per heavy atom. The van der Waals surface area contributed by atoms with Crippen molar-refractivity contribution < 1.29 is 9.53 Å². The van der Waals surface area contributed by atoms with E-state index in [1.54, 1.807) is 7.11 Å². The quantitative estimate of drug-likeness (QED) is 0.803. The number of carbonyl (C=O) groups is 1. The Bertz CT molecular complexity index is 404. The monoisotopic (exact) mass is 220 g/mol. The van der Waals surface area contributed by atoms with Crippen molar-refractivity contribution in [2.75, 3.05) is 19.0 Å². The molecule has 1 aliphatic rings. The average Bonchev–Trinajstić information content (AvgIpc) is 2.30. The van der Waals surface area contributed by atoms with Gasteiger partial charge in [0.1, 0.15) is 5.75 Å². The van der Waals surface area contributed by atoms with E-state index in [0.29, 0.717) is 6.54 Å². The van der Waals surface area contributed by atoms with E-state index < -0.39 is 0 Å². The highest BCUT2D eigenvalue weighted by Gasteiger charge is 2.25. The molecule has 1 unspecified atom stereocenters. The molecule has 0 saturated heterocycles. The van der Waals surface area contributed by atoms with Crippen LogP contribution in [0.2, 0.25) is 0 Å². The highest BCUT2D eigenvalue weighted by atomic mass is 16.5. The summed E-state index contributed by atoms with van der Waals surface area (Å²) in [6, 6.07) is 5.76. The molecule has 1 heterocycles. The number of anilines is 1. The first kappa shape index (κ1) is 11.0. The van der Waals surface area contributed by atoms with Gasteiger partial charge in [-0.25, -0.2) is 0 Å². The first-order chi connectivity index (χ1) is 7.74. The molecule has 1 atom stereocenters. The Kier molecular flexibility index (Phi) is 3.10. The lowest BCUT2D eigenvalue weighted by Crippen LogP contribution is -2.31. The van der Waals surface area contributed by atoms with E-state index >= 15 is 0 Å². The summed E-state index contributed by atoms with van der Waals surface area (Å²) in [5.41, 5.74) is 7.50. The summed E-state index contributed by atoms with van der Waals surface area (Å²) < 4.78 is 5.12. The van der Waals surface area contributed by atoms with E-state index in [0.717, 1.165) is 29.8 Å². The molecule has 4 heteroatoms. The van der Waals surface area contributed by atoms with Gasteiger partial charge in [-0.2, -0.15) is 0 Å². The van der Waals surface area contributed by atoms with Gasteiger partial charge in [-0.3, -0.25) is 4.79 Å². The number of rotatable bonds is 3. The van der Waals surface area contributed by atoms with Crippen LogP contribution < -0.4 is 15.8 Å². The summed E-state index contributed by atoms with van der Waals surface area (Å²) in [6.07, 6.45) is 1.50. The first-order valence-electron chi connectivity index (χ1n) is 5.42. The van der Waals surface area contributed by atoms with Gasteiger partial charge in [0.25, 0.3) is 0 Å². The first-order valence-corrected chi connectivity index (χ1v) is 5.42. The Morgan fingerprint density at radius 1 is 1.56 bits per heavy atom. The van der Waals surface area contributed by atoms with Crippen LogP contribution in [0.5, 0.6) is 5.75 Å². The number of benzene rings is 1. The lowest BCUT2D eigenvalue weighted by Gasteiger charge is -2.24. The molecule has 1 amide bonds. The number of nitrogens with two attached hydrogens (primary N) is 1. The number of ether oxygens (including phenoxy) is 1. The van der Waals surface area contributed by atoms with Crippen molar-refractivity contribution in [3.05, 3.63) is 23.8 Å². The normalized spacial score (nSPS) is 18.9. The predicted octanol–water partition coefficient (Wildman–Crippen LogP) is 1.15. The fraction of sp³-hybridized carbons (Fsp3) is 0.417. The van der Waals surface area contributed by atoms with Crippen LogP contribution in [-0.4, -0.2) is 19.6 Å². The molecule has 0 aliphatic carbocycles. The fourth-order valence-electron chi connectivity index (χ4n) is 2.00. The lowest BCUT2D eigenvalue weighted by molar-refractivity contribution is -0.120. The van der Waals surface area contributed by atoms with Gasteiger partial charge in [0, 0.05) is 17.7 Å². The van der Waals surface area contributed by atoms with E-state index in [-0.39, 0.29) is 11.8 Å². The Hall–Kier alpha value is -1.55. The topological polar surface area (TPSA) is 64.3 Å². The number of carbonyl (C=O) groups excluding carboxylic acids is 1. The molecule has 0 bridgehead atoms. The van der Waals surface area contributed by atoms with Crippen molar-refractivity contribution >= 4 is 11.6 Å². The SMILES string of the molecule is COc1ccc2c(c1)NC(=O)C(CCN)C2. The molecule has 0 radical (unpaired) electrons. The molecule has 1 aliphatic heterocycles. The zero-order chi connectivity index (χ0) is 11.5. The molecule has 86 valence electrons. The standard InChI is InChI=1S/C12H16N2O2/c1-16-10-3-2-8-6-9(4-5-13)12(15)14-11(8)7-10/h2-3,7,9H,4-6,13H2,1H3,(H,14,15). The molecular formula is C12H16N2O2. The molecule has 4 nitrogen and oxygen atoms in total. The minimum atomic E-state index is 0.00546. The van der Waals surface area contributed by atoms with Crippen LogP contribution >= 0.6 is 0 Å². The van der Waals surface area contributed by atoms with Gasteiger partial charge in [0.05, 0.1) is 7.11 Å². The summed E-state index contributed by atoms with van der Waals surface area (Å²) in [5, 5.41) is 2.90. The number of nitrogens with one attached hydrogen (secondary N) is 1. The van der Waals surface area contributed by atoms with Crippen LogP contribution in [0.25, 0.3) is 0 Å². The van der Waals surface area contributed by atoms with Crippen molar-refractivity contribution in [3.63, 3.8) is 0 Å². The lowest BCUT2D eigenvalue weighted by atomic mass is 9.91. The highest BCUT2D eigenvalue weighted by molar-refractivity contribution is 5.95. The molecule has 2 rings (SSSR count). The largest absolute Gasteiger partial charge is 0.497 e. The molecule has 0 saturated carbocycles. The number of amides is 1. The number of hydrogen-bond donors (Lipinski definition) is 2. The summed E-state index contributed by atoms with van der Waals surface area (Å²) in [5.74, 6) is 0.827. The fourth-order valence-corrected chi connectivity index (χ4v) is 2.00. The van der Waals surface area contributed by atoms with Crippen molar-refractivity contribution in [3.8, 4) is 5.75 Å². The maximum absolute atomic E-state index is 11.7. The Labute approximate surface area is 94.8 Å². The number of fused-ring (bicyclic) bond motifs is 1. The smallest absolute Gasteiger partial charge is 0.227 e. The minimum absolute atomic E-state index is 0.00546. The molecule has 3 N–H and O–H groups in total. The predicted molar refractivity (Wildman–Crippen MR) is 62.5 cm³/mol. The molecule has 0 spiro atoms. The van der Waals surface area contributed by atoms with Crippen molar-refractivity contribution in [1.82, 2.24) is 0 Å². The van der Waals surface area contributed by atoms with Crippen molar-refractivity contribution in [2.45, 2.75) is 12.8 Å². The van der Waals surface area contributed by atoms with E-state index in [1.807, 2.05) is 18.2 Å². The van der Waals surface area contributed by atoms with Crippen LogP contribution in [0.4, 0.5) is 5.69 Å². The zero-order valence-electron chi connectivity index (χ0n) is 9.32. The van der Waals surface area contributed by atoms with E-state index in [1.165, 1.54) is 0 Å². The maximum atomic E-state index is 11.7. The second-order valence-electron chi connectivity index (χ2n) is 3.99. The van der Waals surface area contributed by atoms with Gasteiger partial charge in [-0.15, -0.1) is 0 Å². The molecule has 1 aromatic carbocycles. The third-order valence-corrected chi connectivity index (χ3v) is 2.93. The average molecular weight is 220 g/mol. The third kappa shape index (κ3) is 2.02. The molecular weight excluding hydrogens is 204 g/mol. The number of methoxy groups -OCH3 is 1. The second kappa shape index (κ2) is 4.53. The molecule has 0 aromatic heterocycles.